The second kappa shape index (κ2) is 34.6. The summed E-state index contributed by atoms with van der Waals surface area (Å²) in [6.45, 7) is 0. The van der Waals surface area contributed by atoms with Crippen LogP contribution in [0.5, 0.6) is 0 Å². The molecule has 0 aliphatic heterocycles. The van der Waals surface area contributed by atoms with E-state index >= 15 is 0 Å². The fraction of sp³-hybridized carbons (Fsp3) is 0. The maximum Gasteiger partial charge on any atom is 3.00 e. The van der Waals surface area contributed by atoms with Crippen molar-refractivity contribution in [2.24, 2.45) is 0 Å². The fourth-order valence-corrected chi connectivity index (χ4v) is 16.9. The Bertz CT molecular complexity index is 5850. The molecule has 542 valence electrons. The monoisotopic (exact) mass is 1890 g/mol. The molecule has 12 heteroatoms. The van der Waals surface area contributed by atoms with Crippen molar-refractivity contribution in [2.75, 3.05) is 0 Å². The van der Waals surface area contributed by atoms with Crippen molar-refractivity contribution in [1.82, 2.24) is 29.9 Å². The summed E-state index contributed by atoms with van der Waals surface area (Å²) in [6, 6.07) is 131. The van der Waals surface area contributed by atoms with Crippen LogP contribution in [-0.4, -0.2) is 29.9 Å². The first-order chi connectivity index (χ1) is 55.2. The summed E-state index contributed by atoms with van der Waals surface area (Å²) in [5.41, 5.74) is 32.8. The molecular formula is C102H58Br4N6Rh2. The zero-order chi connectivity index (χ0) is 75.4. The van der Waals surface area contributed by atoms with Gasteiger partial charge < -0.3 is 29.9 Å². The van der Waals surface area contributed by atoms with Gasteiger partial charge >= 0.3 is 39.0 Å². The van der Waals surface area contributed by atoms with Gasteiger partial charge in [0.25, 0.3) is 0 Å². The molecule has 114 heavy (non-hydrogen) atoms. The number of halogens is 4. The SMILES string of the molecule is Brc1cc(-c2ccccn2)[c-]cc1-c1ccccc1-c1cc(-c2ccccc2-c2c[c-]c(-c3[c-]cc(-c4ccccc4-c4cc(-c5ccccc5-c5c[c-]c(-c6ccccn6)cc5Br)cc(-c5ccccc5-c5c[c-]c(-c6ccccn6)cc5Br)c4)cn3)nc2)cc(-c2ccccc2-c2c[c-]c(-c3ccccn3)cc2Br)c1.[Rh+3].[Rh+3]. The van der Waals surface area contributed by atoms with Crippen molar-refractivity contribution in [3.8, 4) is 190 Å². The van der Waals surface area contributed by atoms with E-state index in [4.69, 9.17) is 9.97 Å². The van der Waals surface area contributed by atoms with Gasteiger partial charge in [-0.3, -0.25) is 0 Å². The van der Waals surface area contributed by atoms with E-state index in [-0.39, 0.29) is 39.0 Å². The van der Waals surface area contributed by atoms with Crippen LogP contribution in [0.25, 0.3) is 190 Å². The predicted molar refractivity (Wildman–Crippen MR) is 469 cm³/mol. The zero-order valence-electron chi connectivity index (χ0n) is 60.3. The molecular weight excluding hydrogens is 1830 g/mol. The number of benzene rings is 12. The van der Waals surface area contributed by atoms with Crippen molar-refractivity contribution in [1.29, 1.82) is 0 Å². The molecule has 0 aliphatic rings. The van der Waals surface area contributed by atoms with E-state index in [0.29, 0.717) is 11.4 Å². The number of rotatable bonds is 17. The maximum absolute atomic E-state index is 5.11. The molecule has 6 nitrogen and oxygen atoms in total. The second-order valence-corrected chi connectivity index (χ2v) is 30.3. The summed E-state index contributed by atoms with van der Waals surface area (Å²) in [4.78, 5) is 28.7. The number of nitrogens with zero attached hydrogens (tertiary/aromatic N) is 6. The average Bonchev–Trinajstić information content (AvgIpc) is 0.768. The van der Waals surface area contributed by atoms with Crippen LogP contribution in [0.3, 0.4) is 0 Å². The third-order valence-electron chi connectivity index (χ3n) is 20.1. The molecule has 0 unspecified atom stereocenters. The second-order valence-electron chi connectivity index (χ2n) is 26.9. The topological polar surface area (TPSA) is 77.3 Å². The first-order valence-corrected chi connectivity index (χ1v) is 39.5. The zero-order valence-corrected chi connectivity index (χ0v) is 70.0. The molecule has 12 aromatic carbocycles. The van der Waals surface area contributed by atoms with E-state index in [1.165, 1.54) is 0 Å². The summed E-state index contributed by atoms with van der Waals surface area (Å²) in [6.07, 6.45) is 11.1. The molecule has 0 spiro atoms. The van der Waals surface area contributed by atoms with Gasteiger partial charge in [0, 0.05) is 24.8 Å². The van der Waals surface area contributed by atoms with E-state index in [2.05, 4.69) is 351 Å². The van der Waals surface area contributed by atoms with Gasteiger partial charge in [0.1, 0.15) is 0 Å². The van der Waals surface area contributed by atoms with E-state index in [1.54, 1.807) is 0 Å². The van der Waals surface area contributed by atoms with Gasteiger partial charge in [-0.25, -0.2) is 12.1 Å². The minimum Gasteiger partial charge on any atom is -0.357 e. The Morgan fingerprint density at radius 2 is 0.386 bits per heavy atom. The molecule has 0 saturated heterocycles. The van der Waals surface area contributed by atoms with Gasteiger partial charge in [0.05, 0.1) is 0 Å². The van der Waals surface area contributed by atoms with E-state index in [0.717, 1.165) is 196 Å². The minimum absolute atomic E-state index is 0. The largest absolute Gasteiger partial charge is 3.00 e. The van der Waals surface area contributed by atoms with Gasteiger partial charge in [0.15, 0.2) is 0 Å². The summed E-state index contributed by atoms with van der Waals surface area (Å²) < 4.78 is 3.76. The Morgan fingerprint density at radius 1 is 0.184 bits per heavy atom. The number of hydrogen-bond acceptors (Lipinski definition) is 6. The molecule has 6 aromatic heterocycles. The molecule has 18 rings (SSSR count). The molecule has 0 fully saturated rings. The standard InChI is InChI=1S/C102H58Br4N6.2Rh/c103-93-59-65(97-33-13-17-49-107-97)37-43-89(93)85-29-9-5-25-81(85)73-53-71(54-74(57-73)82-26-6-10-30-86(82)90-44-38-66(60-94(90)104)98-34-14-18-50-108-98)79-23-3-1-21-77(79)69-41-47-101(111-63-69)102-48-42-70(64-112-102)78-22-2-4-24-80(78)72-55-75(83-27-7-11-31-87(83)91-45-39-67(61-95(91)105)99-35-15-19-51-109-99)58-76(56-72)84-28-8-12-32-88(84)92-46-40-68(62-96(92)106)100-36-16-20-52-110-100;;/h1-36,41-46,49-64H;;/q-6;2*+3. The van der Waals surface area contributed by atoms with Crippen LogP contribution < -0.4 is 0 Å². The van der Waals surface area contributed by atoms with Gasteiger partial charge in [-0.15, -0.1) is 106 Å². The number of hydrogen-bond donors (Lipinski definition) is 0. The Kier molecular flexibility index (Phi) is 23.3. The number of pyridine rings is 6. The van der Waals surface area contributed by atoms with Gasteiger partial charge in [-0.05, 0) is 163 Å². The Balaban J connectivity index is 0.00000489. The van der Waals surface area contributed by atoms with Crippen LogP contribution >= 0.6 is 63.7 Å². The van der Waals surface area contributed by atoms with E-state index in [9.17, 15) is 0 Å². The molecule has 0 amide bonds. The van der Waals surface area contributed by atoms with Crippen molar-refractivity contribution >= 4 is 63.7 Å². The summed E-state index contributed by atoms with van der Waals surface area (Å²) in [5, 5.41) is 0. The van der Waals surface area contributed by atoms with Crippen molar-refractivity contribution in [2.45, 2.75) is 0 Å². The molecule has 0 N–H and O–H groups in total. The van der Waals surface area contributed by atoms with Gasteiger partial charge in [-0.1, -0.05) is 342 Å². The van der Waals surface area contributed by atoms with Crippen molar-refractivity contribution in [3.63, 3.8) is 0 Å². The predicted octanol–water partition coefficient (Wildman–Crippen LogP) is 28.2. The molecule has 0 radical (unpaired) electrons. The van der Waals surface area contributed by atoms with Crippen molar-refractivity contribution < 1.29 is 39.0 Å². The summed E-state index contributed by atoms with van der Waals surface area (Å²) >= 11 is 16.0. The van der Waals surface area contributed by atoms with Crippen LogP contribution in [0.4, 0.5) is 0 Å². The molecule has 0 bridgehead atoms. The van der Waals surface area contributed by atoms with Gasteiger partial charge in [-0.2, -0.15) is 12.1 Å². The fourth-order valence-electron chi connectivity index (χ4n) is 14.7. The van der Waals surface area contributed by atoms with E-state index < -0.39 is 0 Å². The Morgan fingerprint density at radius 3 is 0.579 bits per heavy atom. The molecule has 0 aliphatic carbocycles. The quantitative estimate of drug-likeness (QED) is 0.0668. The van der Waals surface area contributed by atoms with Crippen LogP contribution in [0, 0.1) is 36.4 Å². The Hall–Kier alpha value is -11.3. The third-order valence-corrected chi connectivity index (χ3v) is 22.7. The van der Waals surface area contributed by atoms with Gasteiger partial charge in [0.2, 0.25) is 0 Å². The average molecular weight is 1890 g/mol. The smallest absolute Gasteiger partial charge is 0.357 e. The van der Waals surface area contributed by atoms with Crippen LogP contribution in [0.15, 0.2) is 371 Å². The third kappa shape index (κ3) is 15.9. The molecule has 0 atom stereocenters. The maximum atomic E-state index is 5.11. The first-order valence-electron chi connectivity index (χ1n) is 36.3. The summed E-state index contributed by atoms with van der Waals surface area (Å²) in [7, 11) is 0. The minimum atomic E-state index is 0. The first kappa shape index (κ1) is 76.7. The van der Waals surface area contributed by atoms with Crippen LogP contribution in [-0.2, 0) is 39.0 Å². The molecule has 18 aromatic rings. The molecule has 6 heterocycles. The Labute approximate surface area is 722 Å². The van der Waals surface area contributed by atoms with Crippen molar-refractivity contribution in [3.05, 3.63) is 407 Å². The normalized spacial score (nSPS) is 11.0. The van der Waals surface area contributed by atoms with E-state index in [1.807, 2.05) is 122 Å². The summed E-state index contributed by atoms with van der Waals surface area (Å²) in [5.74, 6) is 0. The van der Waals surface area contributed by atoms with Crippen LogP contribution in [0.1, 0.15) is 0 Å². The van der Waals surface area contributed by atoms with Crippen LogP contribution in [0.2, 0.25) is 0 Å². The molecule has 0 saturated carbocycles. The number of aromatic nitrogens is 6.